The molecule has 1 unspecified atom stereocenters. The van der Waals surface area contributed by atoms with Gasteiger partial charge in [-0.1, -0.05) is 29.3 Å². The smallest absolute Gasteiger partial charge is 0.323 e. The Morgan fingerprint density at radius 1 is 1.50 bits per heavy atom. The van der Waals surface area contributed by atoms with Crippen LogP contribution in [0.5, 0.6) is 0 Å². The lowest BCUT2D eigenvalue weighted by Gasteiger charge is -2.43. The maximum Gasteiger partial charge on any atom is 0.323 e. The Labute approximate surface area is 117 Å². The second-order valence-corrected chi connectivity index (χ2v) is 5.25. The van der Waals surface area contributed by atoms with Crippen molar-refractivity contribution in [3.63, 3.8) is 0 Å². The number of esters is 1. The van der Waals surface area contributed by atoms with Crippen molar-refractivity contribution in [2.24, 2.45) is 0 Å². The molecule has 1 aliphatic rings. The second kappa shape index (κ2) is 5.47. The highest BCUT2D eigenvalue weighted by Gasteiger charge is 2.38. The molecule has 0 saturated carbocycles. The fourth-order valence-electron chi connectivity index (χ4n) is 2.28. The van der Waals surface area contributed by atoms with Crippen LogP contribution in [0.3, 0.4) is 0 Å². The summed E-state index contributed by atoms with van der Waals surface area (Å²) >= 11 is 12.1. The monoisotopic (exact) mass is 287 g/mol. The number of carbonyl (C=O) groups is 1. The molecule has 1 aliphatic heterocycles. The van der Waals surface area contributed by atoms with Gasteiger partial charge in [-0.05, 0) is 31.0 Å². The van der Waals surface area contributed by atoms with Gasteiger partial charge in [-0.3, -0.25) is 9.69 Å². The Hall–Kier alpha value is -0.770. The van der Waals surface area contributed by atoms with Crippen LogP contribution in [0.15, 0.2) is 18.2 Å². The van der Waals surface area contributed by atoms with Crippen LogP contribution in [0.4, 0.5) is 0 Å². The molecule has 3 nitrogen and oxygen atoms in total. The number of hydrogen-bond acceptors (Lipinski definition) is 3. The standard InChI is InChI=1S/C13H15Cl2NO2/c1-8(10-4-3-9(14)7-11(10)15)16-6-5-12(16)13(17)18-2/h3-4,7-8,12H,5-6H2,1-2H3/t8-,12?/m0/s1. The molecule has 1 aromatic carbocycles. The first-order valence-electron chi connectivity index (χ1n) is 5.83. The molecule has 1 fully saturated rings. The van der Waals surface area contributed by atoms with Gasteiger partial charge >= 0.3 is 5.97 Å². The summed E-state index contributed by atoms with van der Waals surface area (Å²) in [6, 6.07) is 5.36. The van der Waals surface area contributed by atoms with Crippen LogP contribution in [-0.4, -0.2) is 30.6 Å². The molecule has 0 N–H and O–H groups in total. The van der Waals surface area contributed by atoms with Crippen molar-refractivity contribution < 1.29 is 9.53 Å². The number of nitrogens with zero attached hydrogens (tertiary/aromatic N) is 1. The van der Waals surface area contributed by atoms with Crippen molar-refractivity contribution in [3.05, 3.63) is 33.8 Å². The summed E-state index contributed by atoms with van der Waals surface area (Å²) in [4.78, 5) is 13.6. The van der Waals surface area contributed by atoms with Gasteiger partial charge in [-0.2, -0.15) is 0 Å². The van der Waals surface area contributed by atoms with Crippen LogP contribution in [0.1, 0.15) is 24.9 Å². The molecule has 1 heterocycles. The predicted octanol–water partition coefficient (Wildman–Crippen LogP) is 3.30. The van der Waals surface area contributed by atoms with Crippen LogP contribution in [0.2, 0.25) is 10.0 Å². The summed E-state index contributed by atoms with van der Waals surface area (Å²) in [5.74, 6) is -0.182. The minimum Gasteiger partial charge on any atom is -0.468 e. The fraction of sp³-hybridized carbons (Fsp3) is 0.462. The van der Waals surface area contributed by atoms with Crippen LogP contribution in [0.25, 0.3) is 0 Å². The molecule has 0 spiro atoms. The molecule has 2 rings (SSSR count). The SMILES string of the molecule is COC(=O)C1CCN1[C@@H](C)c1ccc(Cl)cc1Cl. The molecule has 0 aromatic heterocycles. The zero-order valence-electron chi connectivity index (χ0n) is 10.3. The van der Waals surface area contributed by atoms with Crippen molar-refractivity contribution in [2.45, 2.75) is 25.4 Å². The molecule has 18 heavy (non-hydrogen) atoms. The van der Waals surface area contributed by atoms with Crippen LogP contribution >= 0.6 is 23.2 Å². The van der Waals surface area contributed by atoms with E-state index >= 15 is 0 Å². The van der Waals surface area contributed by atoms with Crippen molar-refractivity contribution >= 4 is 29.2 Å². The Morgan fingerprint density at radius 3 is 2.72 bits per heavy atom. The maximum absolute atomic E-state index is 11.6. The molecule has 98 valence electrons. The van der Waals surface area contributed by atoms with E-state index in [1.165, 1.54) is 7.11 Å². The largest absolute Gasteiger partial charge is 0.468 e. The van der Waals surface area contributed by atoms with Gasteiger partial charge in [0.15, 0.2) is 0 Å². The van der Waals surface area contributed by atoms with Crippen LogP contribution < -0.4 is 0 Å². The lowest BCUT2D eigenvalue weighted by Crippen LogP contribution is -2.53. The molecule has 5 heteroatoms. The summed E-state index contributed by atoms with van der Waals surface area (Å²) in [6.45, 7) is 2.91. The first-order valence-corrected chi connectivity index (χ1v) is 6.58. The molecule has 1 aromatic rings. The zero-order valence-corrected chi connectivity index (χ0v) is 11.8. The third-order valence-electron chi connectivity index (χ3n) is 3.44. The van der Waals surface area contributed by atoms with E-state index in [9.17, 15) is 4.79 Å². The number of hydrogen-bond donors (Lipinski definition) is 0. The van der Waals surface area contributed by atoms with Crippen molar-refractivity contribution in [1.29, 1.82) is 0 Å². The molecule has 1 saturated heterocycles. The first kappa shape index (κ1) is 13.7. The number of halogens is 2. The average Bonchev–Trinajstić information content (AvgIpc) is 2.27. The second-order valence-electron chi connectivity index (χ2n) is 4.41. The molecular weight excluding hydrogens is 273 g/mol. The van der Waals surface area contributed by atoms with Crippen molar-refractivity contribution in [2.75, 3.05) is 13.7 Å². The maximum atomic E-state index is 11.6. The summed E-state index contributed by atoms with van der Waals surface area (Å²) in [5, 5.41) is 1.24. The van der Waals surface area contributed by atoms with Gasteiger partial charge in [0.05, 0.1) is 7.11 Å². The first-order chi connectivity index (χ1) is 8.54. The van der Waals surface area contributed by atoms with E-state index in [-0.39, 0.29) is 18.1 Å². The quantitative estimate of drug-likeness (QED) is 0.799. The van der Waals surface area contributed by atoms with Gasteiger partial charge in [-0.15, -0.1) is 0 Å². The summed E-state index contributed by atoms with van der Waals surface area (Å²) in [7, 11) is 1.42. The highest BCUT2D eigenvalue weighted by molar-refractivity contribution is 6.35. The highest BCUT2D eigenvalue weighted by atomic mass is 35.5. The fourth-order valence-corrected chi connectivity index (χ4v) is 2.85. The average molecular weight is 288 g/mol. The van der Waals surface area contributed by atoms with E-state index < -0.39 is 0 Å². The summed E-state index contributed by atoms with van der Waals surface area (Å²) < 4.78 is 4.79. The lowest BCUT2D eigenvalue weighted by molar-refractivity contribution is -0.153. The minimum absolute atomic E-state index is 0.0765. The van der Waals surface area contributed by atoms with Gasteiger partial charge in [-0.25, -0.2) is 0 Å². The van der Waals surface area contributed by atoms with E-state index in [0.717, 1.165) is 18.5 Å². The van der Waals surface area contributed by atoms with Gasteiger partial charge in [0, 0.05) is 22.6 Å². The molecule has 0 amide bonds. The number of benzene rings is 1. The summed E-state index contributed by atoms with van der Waals surface area (Å²) in [6.07, 6.45) is 0.836. The van der Waals surface area contributed by atoms with Crippen LogP contribution in [0, 0.1) is 0 Å². The molecule has 0 aliphatic carbocycles. The van der Waals surface area contributed by atoms with Crippen molar-refractivity contribution in [3.8, 4) is 0 Å². The van der Waals surface area contributed by atoms with Gasteiger partial charge < -0.3 is 4.74 Å². The van der Waals surface area contributed by atoms with E-state index in [1.807, 2.05) is 19.1 Å². The molecule has 0 radical (unpaired) electrons. The van der Waals surface area contributed by atoms with Gasteiger partial charge in [0.2, 0.25) is 0 Å². The van der Waals surface area contributed by atoms with Gasteiger partial charge in [0.25, 0.3) is 0 Å². The Bertz CT molecular complexity index is 464. The van der Waals surface area contributed by atoms with E-state index in [1.54, 1.807) is 6.07 Å². The number of rotatable bonds is 3. The molecule has 0 bridgehead atoms. The Balaban J connectivity index is 2.16. The minimum atomic E-state index is -0.182. The van der Waals surface area contributed by atoms with Gasteiger partial charge in [0.1, 0.15) is 6.04 Å². The number of carbonyl (C=O) groups excluding carboxylic acids is 1. The summed E-state index contributed by atoms with van der Waals surface area (Å²) in [5.41, 5.74) is 0.981. The Morgan fingerprint density at radius 2 is 2.22 bits per heavy atom. The van der Waals surface area contributed by atoms with Crippen molar-refractivity contribution in [1.82, 2.24) is 4.90 Å². The normalized spacial score (nSPS) is 21.2. The molecular formula is C13H15Cl2NO2. The molecule has 2 atom stereocenters. The predicted molar refractivity (Wildman–Crippen MR) is 72.0 cm³/mol. The number of likely N-dealkylation sites (tertiary alicyclic amines) is 1. The third-order valence-corrected chi connectivity index (χ3v) is 4.01. The van der Waals surface area contributed by atoms with E-state index in [4.69, 9.17) is 27.9 Å². The van der Waals surface area contributed by atoms with Crippen LogP contribution in [-0.2, 0) is 9.53 Å². The number of methoxy groups -OCH3 is 1. The Kier molecular flexibility index (Phi) is 4.15. The van der Waals surface area contributed by atoms with E-state index in [0.29, 0.717) is 10.0 Å². The lowest BCUT2D eigenvalue weighted by atomic mass is 9.96. The third kappa shape index (κ3) is 2.48. The zero-order chi connectivity index (χ0) is 13.3. The number of ether oxygens (including phenoxy) is 1. The topological polar surface area (TPSA) is 29.5 Å². The van der Waals surface area contributed by atoms with E-state index in [2.05, 4.69) is 4.90 Å². The highest BCUT2D eigenvalue weighted by Crippen LogP contribution is 2.35.